The molecule has 0 spiro atoms. The van der Waals surface area contributed by atoms with E-state index in [2.05, 4.69) is 11.8 Å². The zero-order valence-electron chi connectivity index (χ0n) is 14.2. The number of hydrogen-bond donors (Lipinski definition) is 0. The summed E-state index contributed by atoms with van der Waals surface area (Å²) in [6, 6.07) is 0. The van der Waals surface area contributed by atoms with Crippen LogP contribution in [-0.4, -0.2) is 60.2 Å². The lowest BCUT2D eigenvalue weighted by atomic mass is 9.83. The first-order chi connectivity index (χ1) is 11.1. The third-order valence-electron chi connectivity index (χ3n) is 4.77. The Morgan fingerprint density at radius 1 is 1.09 bits per heavy atom. The van der Waals surface area contributed by atoms with E-state index < -0.39 is 0 Å². The van der Waals surface area contributed by atoms with E-state index in [-0.39, 0.29) is 30.6 Å². The lowest BCUT2D eigenvalue weighted by Gasteiger charge is -2.36. The fourth-order valence-corrected chi connectivity index (χ4v) is 4.23. The zero-order chi connectivity index (χ0) is 16.5. The minimum atomic E-state index is -0.273. The maximum Gasteiger partial charge on any atom is 0.320 e. The molecular formula is C17H29NO4S. The van der Waals surface area contributed by atoms with E-state index in [1.54, 1.807) is 0 Å². The Morgan fingerprint density at radius 2 is 1.78 bits per heavy atom. The Bertz CT molecular complexity index is 390. The number of carbonyl (C=O) groups excluding carboxylic acids is 2. The van der Waals surface area contributed by atoms with Gasteiger partial charge in [-0.1, -0.05) is 13.3 Å². The van der Waals surface area contributed by atoms with Crippen molar-refractivity contribution in [2.75, 3.05) is 37.7 Å². The van der Waals surface area contributed by atoms with E-state index in [0.717, 1.165) is 56.7 Å². The van der Waals surface area contributed by atoms with E-state index in [1.807, 2.05) is 11.8 Å². The molecule has 0 aromatic heterocycles. The summed E-state index contributed by atoms with van der Waals surface area (Å²) in [6.45, 7) is 4.39. The molecule has 0 amide bonds. The van der Waals surface area contributed by atoms with Crippen molar-refractivity contribution < 1.29 is 19.1 Å². The molecule has 2 fully saturated rings. The number of rotatable bonds is 7. The lowest BCUT2D eigenvalue weighted by Crippen LogP contribution is -2.38. The second kappa shape index (κ2) is 9.52. The highest BCUT2D eigenvalue weighted by Crippen LogP contribution is 2.34. The molecule has 2 rings (SSSR count). The summed E-state index contributed by atoms with van der Waals surface area (Å²) in [6.07, 6.45) is 6.43. The lowest BCUT2D eigenvalue weighted by molar-refractivity contribution is -0.165. The number of hydrogen-bond acceptors (Lipinski definition) is 6. The van der Waals surface area contributed by atoms with E-state index >= 15 is 0 Å². The SMILES string of the molecule is CCC1(OC(=O)CCOC(=O)CN2CCSCC2)CCCCC1. The van der Waals surface area contributed by atoms with Crippen LogP contribution in [-0.2, 0) is 19.1 Å². The maximum absolute atomic E-state index is 12.0. The standard InChI is InChI=1S/C17H29NO4S/c1-2-17(7-4-3-5-8-17)22-15(19)6-11-21-16(20)14-18-9-12-23-13-10-18/h2-14H2,1H3. The third kappa shape index (κ3) is 6.34. The molecule has 6 heteroatoms. The van der Waals surface area contributed by atoms with Crippen LogP contribution in [0.2, 0.25) is 0 Å². The van der Waals surface area contributed by atoms with Gasteiger partial charge in [-0.05, 0) is 32.1 Å². The highest BCUT2D eigenvalue weighted by atomic mass is 32.2. The van der Waals surface area contributed by atoms with Gasteiger partial charge in [-0.25, -0.2) is 0 Å². The summed E-state index contributed by atoms with van der Waals surface area (Å²) < 4.78 is 10.9. The molecule has 0 N–H and O–H groups in total. The van der Waals surface area contributed by atoms with E-state index in [9.17, 15) is 9.59 Å². The summed E-state index contributed by atoms with van der Waals surface area (Å²) in [5, 5.41) is 0. The smallest absolute Gasteiger partial charge is 0.320 e. The first kappa shape index (κ1) is 18.6. The van der Waals surface area contributed by atoms with Gasteiger partial charge in [0.05, 0.1) is 13.0 Å². The molecule has 0 bridgehead atoms. The normalized spacial score (nSPS) is 21.6. The van der Waals surface area contributed by atoms with Crippen LogP contribution in [0.5, 0.6) is 0 Å². The molecule has 132 valence electrons. The number of ether oxygens (including phenoxy) is 2. The van der Waals surface area contributed by atoms with Gasteiger partial charge in [-0.3, -0.25) is 14.5 Å². The molecular weight excluding hydrogens is 314 g/mol. The van der Waals surface area contributed by atoms with Gasteiger partial charge in [0.15, 0.2) is 0 Å². The van der Waals surface area contributed by atoms with Crippen molar-refractivity contribution in [3.05, 3.63) is 0 Å². The molecule has 0 aromatic carbocycles. The Morgan fingerprint density at radius 3 is 2.43 bits per heavy atom. The maximum atomic E-state index is 12.0. The molecule has 0 radical (unpaired) electrons. The molecule has 0 atom stereocenters. The first-order valence-corrected chi connectivity index (χ1v) is 9.96. The number of esters is 2. The van der Waals surface area contributed by atoms with E-state index in [1.165, 1.54) is 6.42 Å². The average Bonchev–Trinajstić information content (AvgIpc) is 2.56. The molecule has 1 heterocycles. The van der Waals surface area contributed by atoms with Crippen LogP contribution in [0.4, 0.5) is 0 Å². The molecule has 1 saturated carbocycles. The second-order valence-electron chi connectivity index (χ2n) is 6.43. The summed E-state index contributed by atoms with van der Waals surface area (Å²) in [5.41, 5.74) is -0.273. The Hall–Kier alpha value is -0.750. The average molecular weight is 343 g/mol. The summed E-state index contributed by atoms with van der Waals surface area (Å²) in [5.74, 6) is 1.65. The van der Waals surface area contributed by atoms with Crippen molar-refractivity contribution >= 4 is 23.7 Å². The highest BCUT2D eigenvalue weighted by Gasteiger charge is 2.33. The minimum absolute atomic E-state index is 0.125. The predicted octanol–water partition coefficient (Wildman–Crippen LogP) is 2.62. The van der Waals surface area contributed by atoms with Crippen molar-refractivity contribution in [1.29, 1.82) is 0 Å². The third-order valence-corrected chi connectivity index (χ3v) is 5.71. The molecule has 0 aromatic rings. The van der Waals surface area contributed by atoms with Gasteiger partial charge in [-0.2, -0.15) is 11.8 Å². The number of nitrogens with zero attached hydrogens (tertiary/aromatic N) is 1. The first-order valence-electron chi connectivity index (χ1n) is 8.81. The van der Waals surface area contributed by atoms with Gasteiger partial charge in [0.2, 0.25) is 0 Å². The zero-order valence-corrected chi connectivity index (χ0v) is 15.0. The molecule has 1 saturated heterocycles. The fraction of sp³-hybridized carbons (Fsp3) is 0.882. The molecule has 23 heavy (non-hydrogen) atoms. The molecule has 5 nitrogen and oxygen atoms in total. The summed E-state index contributed by atoms with van der Waals surface area (Å²) >= 11 is 1.91. The van der Waals surface area contributed by atoms with Crippen LogP contribution in [0, 0.1) is 0 Å². The van der Waals surface area contributed by atoms with Gasteiger partial charge in [0.1, 0.15) is 12.2 Å². The van der Waals surface area contributed by atoms with Crippen LogP contribution in [0.25, 0.3) is 0 Å². The van der Waals surface area contributed by atoms with Gasteiger partial charge in [-0.15, -0.1) is 0 Å². The minimum Gasteiger partial charge on any atom is -0.464 e. The summed E-state index contributed by atoms with van der Waals surface area (Å²) in [7, 11) is 0. The Labute approximate surface area is 143 Å². The molecule has 2 aliphatic rings. The monoisotopic (exact) mass is 343 g/mol. The van der Waals surface area contributed by atoms with Crippen molar-refractivity contribution in [3.8, 4) is 0 Å². The largest absolute Gasteiger partial charge is 0.464 e. The summed E-state index contributed by atoms with van der Waals surface area (Å²) in [4.78, 5) is 25.9. The van der Waals surface area contributed by atoms with Crippen molar-refractivity contribution in [1.82, 2.24) is 4.90 Å². The number of thioether (sulfide) groups is 1. The van der Waals surface area contributed by atoms with Gasteiger partial charge >= 0.3 is 11.9 Å². The van der Waals surface area contributed by atoms with Crippen molar-refractivity contribution in [3.63, 3.8) is 0 Å². The van der Waals surface area contributed by atoms with Crippen molar-refractivity contribution in [2.24, 2.45) is 0 Å². The molecule has 1 aliphatic heterocycles. The Balaban J connectivity index is 1.62. The van der Waals surface area contributed by atoms with Crippen LogP contribution in [0.15, 0.2) is 0 Å². The second-order valence-corrected chi connectivity index (χ2v) is 7.66. The van der Waals surface area contributed by atoms with E-state index in [0.29, 0.717) is 6.54 Å². The predicted molar refractivity (Wildman–Crippen MR) is 91.5 cm³/mol. The quantitative estimate of drug-likeness (QED) is 0.662. The van der Waals surface area contributed by atoms with Gasteiger partial charge in [0.25, 0.3) is 0 Å². The topological polar surface area (TPSA) is 55.8 Å². The van der Waals surface area contributed by atoms with Gasteiger partial charge < -0.3 is 9.47 Å². The van der Waals surface area contributed by atoms with Crippen LogP contribution >= 0.6 is 11.8 Å². The number of carbonyl (C=O) groups is 2. The van der Waals surface area contributed by atoms with Crippen LogP contribution in [0.3, 0.4) is 0 Å². The van der Waals surface area contributed by atoms with Crippen LogP contribution in [0.1, 0.15) is 51.9 Å². The molecule has 0 unspecified atom stereocenters. The van der Waals surface area contributed by atoms with Crippen molar-refractivity contribution in [2.45, 2.75) is 57.5 Å². The van der Waals surface area contributed by atoms with Gasteiger partial charge in [0, 0.05) is 24.6 Å². The molecule has 1 aliphatic carbocycles. The fourth-order valence-electron chi connectivity index (χ4n) is 3.25. The Kier molecular flexibility index (Phi) is 7.70. The van der Waals surface area contributed by atoms with E-state index in [4.69, 9.17) is 9.47 Å². The van der Waals surface area contributed by atoms with Crippen LogP contribution < -0.4 is 0 Å². The highest BCUT2D eigenvalue weighted by molar-refractivity contribution is 7.99.